The molecular weight excluding hydrogens is 445 g/mol. The van der Waals surface area contributed by atoms with Crippen LogP contribution in [0.3, 0.4) is 0 Å². The lowest BCUT2D eigenvalue weighted by Gasteiger charge is -2.25. The highest BCUT2D eigenvalue weighted by Crippen LogP contribution is 2.56. The second-order valence-electron chi connectivity index (χ2n) is 8.34. The molecule has 2 unspecified atom stereocenters. The zero-order valence-electron chi connectivity index (χ0n) is 19.7. The lowest BCUT2D eigenvalue weighted by Crippen LogP contribution is -2.13. The Labute approximate surface area is 201 Å². The number of benzene rings is 3. The highest BCUT2D eigenvalue weighted by molar-refractivity contribution is 7.53. The molecule has 6 nitrogen and oxygen atoms in total. The van der Waals surface area contributed by atoms with Gasteiger partial charge in [-0.2, -0.15) is 0 Å². The lowest BCUT2D eigenvalue weighted by atomic mass is 10.1. The van der Waals surface area contributed by atoms with Crippen LogP contribution in [-0.4, -0.2) is 21.1 Å². The van der Waals surface area contributed by atoms with Crippen LogP contribution in [0, 0.1) is 0 Å². The van der Waals surface area contributed by atoms with Crippen molar-refractivity contribution in [2.24, 2.45) is 0 Å². The minimum Gasteiger partial charge on any atom is -0.368 e. The molecule has 0 fully saturated rings. The molecule has 178 valence electrons. The minimum atomic E-state index is -3.92. The number of hydrogen-bond acceptors (Lipinski definition) is 4. The van der Waals surface area contributed by atoms with Gasteiger partial charge in [-0.05, 0) is 48.7 Å². The Morgan fingerprint density at radius 3 is 2.41 bits per heavy atom. The normalized spacial score (nSPS) is 14.1. The van der Waals surface area contributed by atoms with Crippen LogP contribution < -0.4 is 5.32 Å². The van der Waals surface area contributed by atoms with Crippen molar-refractivity contribution in [3.05, 3.63) is 95.8 Å². The number of aryl methyl sites for hydroxylation is 1. The molecule has 1 aromatic heterocycles. The Balaban J connectivity index is 1.57. The molecule has 1 heterocycles. The van der Waals surface area contributed by atoms with E-state index in [9.17, 15) is 9.46 Å². The lowest BCUT2D eigenvalue weighted by molar-refractivity contribution is 0.267. The van der Waals surface area contributed by atoms with Gasteiger partial charge in [-0.1, -0.05) is 67.9 Å². The van der Waals surface area contributed by atoms with Crippen molar-refractivity contribution in [2.75, 3.05) is 11.9 Å². The first-order valence-electron chi connectivity index (χ1n) is 11.8. The number of imidazole rings is 1. The predicted molar refractivity (Wildman–Crippen MR) is 138 cm³/mol. The molecule has 2 N–H and O–H groups in total. The summed E-state index contributed by atoms with van der Waals surface area (Å²) in [5.74, 6) is 0.255. The smallest absolute Gasteiger partial charge is 0.354 e. The Morgan fingerprint density at radius 1 is 1.00 bits per heavy atom. The van der Waals surface area contributed by atoms with Gasteiger partial charge in [0.05, 0.1) is 17.6 Å². The highest BCUT2D eigenvalue weighted by atomic mass is 31.2. The SMILES string of the molecule is CCCCc1nc2ccccc2n1Cc1ccc(NC(c2ccccc2)P(=O)(O)OCC)cc1. The minimum absolute atomic E-state index is 0.164. The number of anilines is 1. The predicted octanol–water partition coefficient (Wildman–Crippen LogP) is 6.76. The molecule has 0 bridgehead atoms. The van der Waals surface area contributed by atoms with Crippen molar-refractivity contribution < 1.29 is 14.0 Å². The molecule has 0 saturated heterocycles. The third-order valence-corrected chi connectivity index (χ3v) is 7.55. The van der Waals surface area contributed by atoms with Crippen LogP contribution in [0.2, 0.25) is 0 Å². The van der Waals surface area contributed by atoms with Gasteiger partial charge in [0.25, 0.3) is 0 Å². The number of unbranched alkanes of at least 4 members (excludes halogenated alkanes) is 1. The van der Waals surface area contributed by atoms with Crippen molar-refractivity contribution >= 4 is 24.3 Å². The Bertz CT molecular complexity index is 1260. The molecule has 0 radical (unpaired) electrons. The molecule has 34 heavy (non-hydrogen) atoms. The fourth-order valence-electron chi connectivity index (χ4n) is 4.12. The molecule has 0 aliphatic heterocycles. The summed E-state index contributed by atoms with van der Waals surface area (Å²) in [5, 5.41) is 3.22. The zero-order chi connectivity index (χ0) is 24.0. The number of nitrogens with one attached hydrogen (secondary N) is 1. The van der Waals surface area contributed by atoms with E-state index in [2.05, 4.69) is 28.9 Å². The van der Waals surface area contributed by atoms with Crippen molar-refractivity contribution in [1.29, 1.82) is 0 Å². The fourth-order valence-corrected chi connectivity index (χ4v) is 5.50. The summed E-state index contributed by atoms with van der Waals surface area (Å²) in [7, 11) is -3.92. The van der Waals surface area contributed by atoms with E-state index in [1.807, 2.05) is 66.7 Å². The quantitative estimate of drug-likeness (QED) is 0.233. The van der Waals surface area contributed by atoms with Crippen LogP contribution in [0.1, 0.15) is 49.4 Å². The zero-order valence-corrected chi connectivity index (χ0v) is 20.6. The van der Waals surface area contributed by atoms with Gasteiger partial charge >= 0.3 is 7.60 Å². The van der Waals surface area contributed by atoms with E-state index < -0.39 is 13.4 Å². The largest absolute Gasteiger partial charge is 0.368 e. The first-order chi connectivity index (χ1) is 16.5. The maximum Gasteiger partial charge on any atom is 0.354 e. The summed E-state index contributed by atoms with van der Waals surface area (Å²) in [5.41, 5.74) is 4.76. The van der Waals surface area contributed by atoms with Gasteiger partial charge in [0.2, 0.25) is 0 Å². The summed E-state index contributed by atoms with van der Waals surface area (Å²) in [6.07, 6.45) is 3.18. The molecule has 0 aliphatic carbocycles. The number of para-hydroxylation sites is 2. The van der Waals surface area contributed by atoms with Crippen molar-refractivity contribution in [3.63, 3.8) is 0 Å². The molecule has 3 aromatic carbocycles. The van der Waals surface area contributed by atoms with Gasteiger partial charge in [-0.3, -0.25) is 4.57 Å². The van der Waals surface area contributed by atoms with Crippen molar-refractivity contribution in [3.8, 4) is 0 Å². The number of rotatable bonds is 11. The van der Waals surface area contributed by atoms with Crippen LogP contribution >= 0.6 is 7.60 Å². The molecular formula is C27H32N3O3P. The van der Waals surface area contributed by atoms with Gasteiger partial charge in [-0.25, -0.2) is 4.98 Å². The molecule has 0 amide bonds. The Hall–Kier alpha value is -2.92. The third kappa shape index (κ3) is 5.58. The third-order valence-electron chi connectivity index (χ3n) is 5.84. The van der Waals surface area contributed by atoms with Gasteiger partial charge in [0, 0.05) is 18.7 Å². The summed E-state index contributed by atoms with van der Waals surface area (Å²) in [6, 6.07) is 25.5. The van der Waals surface area contributed by atoms with Crippen LogP contribution in [0.25, 0.3) is 11.0 Å². The van der Waals surface area contributed by atoms with Crippen LogP contribution in [0.15, 0.2) is 78.9 Å². The van der Waals surface area contributed by atoms with E-state index >= 15 is 0 Å². The van der Waals surface area contributed by atoms with E-state index in [-0.39, 0.29) is 6.61 Å². The second kappa shape index (κ2) is 11.0. The first kappa shape index (κ1) is 24.2. The van der Waals surface area contributed by atoms with Gasteiger partial charge in [0.1, 0.15) is 5.82 Å². The van der Waals surface area contributed by atoms with E-state index in [0.29, 0.717) is 5.56 Å². The van der Waals surface area contributed by atoms with E-state index in [1.165, 1.54) is 0 Å². The topological polar surface area (TPSA) is 76.4 Å². The maximum absolute atomic E-state index is 12.9. The standard InChI is InChI=1S/C27H32N3O3P/c1-3-5-15-26-29-24-13-9-10-14-25(24)30(26)20-21-16-18-23(19-17-21)28-27(34(31,32)33-4-2)22-11-7-6-8-12-22/h6-14,16-19,27-28H,3-5,15,20H2,1-2H3,(H,31,32). The number of fused-ring (bicyclic) bond motifs is 1. The molecule has 0 saturated carbocycles. The number of nitrogens with zero attached hydrogens (tertiary/aromatic N) is 2. The summed E-state index contributed by atoms with van der Waals surface area (Å²) < 4.78 is 20.4. The van der Waals surface area contributed by atoms with E-state index in [1.54, 1.807) is 6.92 Å². The molecule has 2 atom stereocenters. The maximum atomic E-state index is 12.9. The summed E-state index contributed by atoms with van der Waals surface area (Å²) in [4.78, 5) is 15.4. The average molecular weight is 478 g/mol. The Kier molecular flexibility index (Phi) is 7.84. The molecule has 4 aromatic rings. The Morgan fingerprint density at radius 2 is 1.71 bits per heavy atom. The van der Waals surface area contributed by atoms with E-state index in [4.69, 9.17) is 9.51 Å². The van der Waals surface area contributed by atoms with Crippen LogP contribution in [0.4, 0.5) is 5.69 Å². The summed E-state index contributed by atoms with van der Waals surface area (Å²) >= 11 is 0. The van der Waals surface area contributed by atoms with Crippen LogP contribution in [0.5, 0.6) is 0 Å². The van der Waals surface area contributed by atoms with Crippen molar-refractivity contribution in [1.82, 2.24) is 9.55 Å². The fraction of sp³-hybridized carbons (Fsp3) is 0.296. The molecule has 0 aliphatic rings. The highest BCUT2D eigenvalue weighted by Gasteiger charge is 2.33. The second-order valence-corrected chi connectivity index (χ2v) is 10.2. The van der Waals surface area contributed by atoms with Gasteiger partial charge < -0.3 is 19.3 Å². The summed E-state index contributed by atoms with van der Waals surface area (Å²) in [6.45, 7) is 4.79. The first-order valence-corrected chi connectivity index (χ1v) is 13.5. The molecule has 7 heteroatoms. The molecule has 0 spiro atoms. The van der Waals surface area contributed by atoms with Crippen molar-refractivity contribution in [2.45, 2.75) is 45.4 Å². The number of hydrogen-bond donors (Lipinski definition) is 2. The van der Waals surface area contributed by atoms with E-state index in [0.717, 1.165) is 53.9 Å². The van der Waals surface area contributed by atoms with Gasteiger partial charge in [-0.15, -0.1) is 0 Å². The number of aromatic nitrogens is 2. The molecule has 4 rings (SSSR count). The van der Waals surface area contributed by atoms with Gasteiger partial charge in [0.15, 0.2) is 5.78 Å². The van der Waals surface area contributed by atoms with Crippen LogP contribution in [-0.2, 0) is 22.1 Å². The monoisotopic (exact) mass is 477 g/mol. The average Bonchev–Trinajstić information content (AvgIpc) is 3.19.